The molecule has 0 aromatic carbocycles. The number of carbonyl (C=O) groups excluding carboxylic acids is 1. The highest BCUT2D eigenvalue weighted by Gasteiger charge is 2.10. The first-order valence-electron chi connectivity index (χ1n) is 5.77. The van der Waals surface area contributed by atoms with Crippen molar-refractivity contribution in [1.82, 2.24) is 20.4 Å². The number of aromatic nitrogens is 3. The van der Waals surface area contributed by atoms with Crippen molar-refractivity contribution in [2.24, 2.45) is 0 Å². The number of nitrogens with zero attached hydrogens (tertiary/aromatic N) is 3. The molecule has 2 aromatic rings. The first-order chi connectivity index (χ1) is 10.1. The lowest BCUT2D eigenvalue weighted by molar-refractivity contribution is 0.0956. The van der Waals surface area contributed by atoms with E-state index in [0.717, 1.165) is 6.07 Å². The molecule has 0 unspecified atom stereocenters. The quantitative estimate of drug-likeness (QED) is 0.786. The Morgan fingerprint density at radius 1 is 1.29 bits per heavy atom. The fourth-order valence-electron chi connectivity index (χ4n) is 1.40. The van der Waals surface area contributed by atoms with Gasteiger partial charge in [-0.1, -0.05) is 0 Å². The highest BCUT2D eigenvalue weighted by Crippen LogP contribution is 2.16. The molecule has 2 aromatic heterocycles. The molecule has 0 aliphatic carbocycles. The van der Waals surface area contributed by atoms with E-state index in [0.29, 0.717) is 0 Å². The maximum absolute atomic E-state index is 13.4. The maximum atomic E-state index is 13.4. The van der Waals surface area contributed by atoms with Crippen LogP contribution < -0.4 is 20.3 Å². The zero-order chi connectivity index (χ0) is 15.2. The number of rotatable bonds is 5. The molecule has 0 saturated carbocycles. The number of hydrogen-bond donors (Lipinski definition) is 2. The fraction of sp³-hybridized carbons (Fsp3) is 0.167. The van der Waals surface area contributed by atoms with Crippen molar-refractivity contribution in [2.45, 2.75) is 0 Å². The van der Waals surface area contributed by atoms with Crippen LogP contribution in [0.3, 0.4) is 0 Å². The molecule has 2 N–H and O–H groups in total. The second-order valence-electron chi connectivity index (χ2n) is 3.72. The van der Waals surface area contributed by atoms with Gasteiger partial charge in [0.05, 0.1) is 26.1 Å². The van der Waals surface area contributed by atoms with Crippen LogP contribution >= 0.6 is 0 Å². The Bertz CT molecular complexity index is 653. The molecule has 0 aliphatic rings. The Balaban J connectivity index is 2.02. The van der Waals surface area contributed by atoms with Gasteiger partial charge in [-0.3, -0.25) is 15.6 Å². The molecular formula is C12H12FN5O3. The van der Waals surface area contributed by atoms with Gasteiger partial charge in [-0.05, 0) is 6.07 Å². The van der Waals surface area contributed by atoms with Gasteiger partial charge in [0.2, 0.25) is 5.88 Å². The van der Waals surface area contributed by atoms with E-state index < -0.39 is 11.7 Å². The van der Waals surface area contributed by atoms with Gasteiger partial charge in [0.25, 0.3) is 5.91 Å². The number of pyridine rings is 1. The fourth-order valence-corrected chi connectivity index (χ4v) is 1.40. The molecular weight excluding hydrogens is 281 g/mol. The molecule has 2 rings (SSSR count). The van der Waals surface area contributed by atoms with Crippen LogP contribution in [0, 0.1) is 5.82 Å². The van der Waals surface area contributed by atoms with Crippen LogP contribution in [0.4, 0.5) is 10.1 Å². The summed E-state index contributed by atoms with van der Waals surface area (Å²) in [5, 5.41) is 0. The third kappa shape index (κ3) is 3.53. The van der Waals surface area contributed by atoms with E-state index in [1.54, 1.807) is 0 Å². The standard InChI is InChI=1S/C12H12FN5O3/c1-20-11-8(13)5-7(6-15-11)17-18-10(19)9-3-4-14-12(16-9)21-2/h3-6,17H,1-2H3,(H,18,19). The molecule has 1 amide bonds. The average molecular weight is 293 g/mol. The molecule has 9 heteroatoms. The van der Waals surface area contributed by atoms with E-state index in [-0.39, 0.29) is 23.3 Å². The summed E-state index contributed by atoms with van der Waals surface area (Å²) in [6.07, 6.45) is 2.69. The van der Waals surface area contributed by atoms with Crippen molar-refractivity contribution in [3.8, 4) is 11.9 Å². The highest BCUT2D eigenvalue weighted by molar-refractivity contribution is 5.92. The van der Waals surface area contributed by atoms with Crippen molar-refractivity contribution in [2.75, 3.05) is 19.6 Å². The molecule has 8 nitrogen and oxygen atoms in total. The van der Waals surface area contributed by atoms with E-state index >= 15 is 0 Å². The van der Waals surface area contributed by atoms with Gasteiger partial charge >= 0.3 is 6.01 Å². The van der Waals surface area contributed by atoms with E-state index in [1.165, 1.54) is 32.7 Å². The van der Waals surface area contributed by atoms with E-state index in [2.05, 4.69) is 30.5 Å². The second kappa shape index (κ2) is 6.46. The van der Waals surface area contributed by atoms with Crippen LogP contribution in [-0.2, 0) is 0 Å². The lowest BCUT2D eigenvalue weighted by Gasteiger charge is -2.09. The van der Waals surface area contributed by atoms with Gasteiger partial charge in [0.1, 0.15) is 5.69 Å². The SMILES string of the molecule is COc1nccc(C(=O)NNc2cnc(OC)c(F)c2)n1. The molecule has 0 spiro atoms. The Labute approximate surface area is 119 Å². The number of anilines is 1. The van der Waals surface area contributed by atoms with Crippen LogP contribution in [-0.4, -0.2) is 35.1 Å². The van der Waals surface area contributed by atoms with Gasteiger partial charge in [-0.25, -0.2) is 14.4 Å². The third-order valence-electron chi connectivity index (χ3n) is 2.37. The molecule has 0 saturated heterocycles. The summed E-state index contributed by atoms with van der Waals surface area (Å²) < 4.78 is 22.9. The van der Waals surface area contributed by atoms with Crippen molar-refractivity contribution in [3.63, 3.8) is 0 Å². The van der Waals surface area contributed by atoms with Crippen LogP contribution in [0.2, 0.25) is 0 Å². The number of hydrazine groups is 1. The van der Waals surface area contributed by atoms with Crippen LogP contribution in [0.25, 0.3) is 0 Å². The minimum atomic E-state index is -0.652. The van der Waals surface area contributed by atoms with Crippen LogP contribution in [0.1, 0.15) is 10.5 Å². The van der Waals surface area contributed by atoms with Crippen LogP contribution in [0.5, 0.6) is 11.9 Å². The molecule has 0 fully saturated rings. The maximum Gasteiger partial charge on any atom is 0.316 e. The largest absolute Gasteiger partial charge is 0.479 e. The molecule has 0 radical (unpaired) electrons. The summed E-state index contributed by atoms with van der Waals surface area (Å²) in [6.45, 7) is 0. The lowest BCUT2D eigenvalue weighted by atomic mass is 10.4. The Morgan fingerprint density at radius 2 is 2.10 bits per heavy atom. The number of methoxy groups -OCH3 is 2. The Kier molecular flexibility index (Phi) is 4.44. The minimum Gasteiger partial charge on any atom is -0.479 e. The van der Waals surface area contributed by atoms with E-state index in [1.807, 2.05) is 0 Å². The average Bonchev–Trinajstić information content (AvgIpc) is 2.52. The number of hydrogen-bond acceptors (Lipinski definition) is 7. The van der Waals surface area contributed by atoms with Gasteiger partial charge in [-0.2, -0.15) is 4.98 Å². The Hall–Kier alpha value is -2.97. The summed E-state index contributed by atoms with van der Waals surface area (Å²) >= 11 is 0. The first-order valence-corrected chi connectivity index (χ1v) is 5.77. The number of halogens is 1. The normalized spacial score (nSPS) is 9.86. The first kappa shape index (κ1) is 14.4. The van der Waals surface area contributed by atoms with Crippen LogP contribution in [0.15, 0.2) is 24.5 Å². The van der Waals surface area contributed by atoms with Gasteiger partial charge in [0, 0.05) is 12.3 Å². The summed E-state index contributed by atoms with van der Waals surface area (Å²) in [6, 6.07) is 2.61. The second-order valence-corrected chi connectivity index (χ2v) is 3.72. The Morgan fingerprint density at radius 3 is 2.76 bits per heavy atom. The number of carbonyl (C=O) groups is 1. The topological polar surface area (TPSA) is 98.3 Å². The summed E-state index contributed by atoms with van der Waals surface area (Å²) in [5.74, 6) is -1.32. The predicted molar refractivity (Wildman–Crippen MR) is 70.4 cm³/mol. The smallest absolute Gasteiger partial charge is 0.316 e. The van der Waals surface area contributed by atoms with E-state index in [4.69, 9.17) is 4.74 Å². The van der Waals surface area contributed by atoms with Gasteiger partial charge in [-0.15, -0.1) is 0 Å². The summed E-state index contributed by atoms with van der Waals surface area (Å²) in [5.41, 5.74) is 5.21. The van der Waals surface area contributed by atoms with E-state index in [9.17, 15) is 9.18 Å². The molecule has 2 heterocycles. The molecule has 0 atom stereocenters. The van der Waals surface area contributed by atoms with Crippen molar-refractivity contribution >= 4 is 11.6 Å². The highest BCUT2D eigenvalue weighted by atomic mass is 19.1. The van der Waals surface area contributed by atoms with Crippen molar-refractivity contribution < 1.29 is 18.7 Å². The molecule has 0 aliphatic heterocycles. The molecule has 21 heavy (non-hydrogen) atoms. The minimum absolute atomic E-state index is 0.0693. The predicted octanol–water partition coefficient (Wildman–Crippen LogP) is 0.785. The number of amides is 1. The third-order valence-corrected chi connectivity index (χ3v) is 2.37. The zero-order valence-electron chi connectivity index (χ0n) is 11.3. The monoisotopic (exact) mass is 293 g/mol. The lowest BCUT2D eigenvalue weighted by Crippen LogP contribution is -2.30. The van der Waals surface area contributed by atoms with Gasteiger partial charge < -0.3 is 9.47 Å². The van der Waals surface area contributed by atoms with Crippen molar-refractivity contribution in [3.05, 3.63) is 36.0 Å². The molecule has 0 bridgehead atoms. The summed E-state index contributed by atoms with van der Waals surface area (Å²) in [7, 11) is 2.70. The zero-order valence-corrected chi connectivity index (χ0v) is 11.3. The number of ether oxygens (including phenoxy) is 2. The summed E-state index contributed by atoms with van der Waals surface area (Å²) in [4.78, 5) is 23.2. The van der Waals surface area contributed by atoms with Crippen molar-refractivity contribution in [1.29, 1.82) is 0 Å². The van der Waals surface area contributed by atoms with Gasteiger partial charge in [0.15, 0.2) is 5.82 Å². The number of nitrogens with one attached hydrogen (secondary N) is 2. The molecule has 110 valence electrons.